The minimum atomic E-state index is -0.728. The Balaban J connectivity index is 2.24. The number of anilines is 1. The Kier molecular flexibility index (Phi) is 3.38. The molecule has 0 unspecified atom stereocenters. The Morgan fingerprint density at radius 1 is 1.39 bits per heavy atom. The van der Waals surface area contributed by atoms with Crippen LogP contribution in [0.25, 0.3) is 0 Å². The topological polar surface area (TPSA) is 75.1 Å². The van der Waals surface area contributed by atoms with Gasteiger partial charge in [-0.15, -0.1) is 0 Å². The number of amides is 1. The highest BCUT2D eigenvalue weighted by Crippen LogP contribution is 2.18. The van der Waals surface area contributed by atoms with Gasteiger partial charge >= 0.3 is 0 Å². The highest BCUT2D eigenvalue weighted by Gasteiger charge is 2.13. The number of carbonyl (C=O) groups is 1. The number of phenols is 1. The summed E-state index contributed by atoms with van der Waals surface area (Å²) in [5.74, 6) is -1.73. The van der Waals surface area contributed by atoms with Crippen LogP contribution in [-0.4, -0.2) is 21.0 Å². The average molecular weight is 268 g/mol. The normalized spacial score (nSPS) is 10.1. The lowest BCUT2D eigenvalue weighted by atomic mass is 10.2. The van der Waals surface area contributed by atoms with Crippen LogP contribution in [0.1, 0.15) is 10.4 Å². The lowest BCUT2D eigenvalue weighted by Crippen LogP contribution is -2.14. The molecule has 1 heterocycles. The molecule has 1 aromatic carbocycles. The van der Waals surface area contributed by atoms with Crippen molar-refractivity contribution in [1.29, 1.82) is 0 Å². The first kappa shape index (κ1) is 12.3. The van der Waals surface area contributed by atoms with Gasteiger partial charge in [0.25, 0.3) is 5.91 Å². The van der Waals surface area contributed by atoms with Gasteiger partial charge in [-0.25, -0.2) is 14.4 Å². The maximum Gasteiger partial charge on any atom is 0.261 e. The van der Waals surface area contributed by atoms with Crippen LogP contribution in [-0.2, 0) is 0 Å². The zero-order valence-electron chi connectivity index (χ0n) is 8.89. The number of nitrogens with one attached hydrogen (secondary N) is 1. The second kappa shape index (κ2) is 4.97. The third kappa shape index (κ3) is 2.72. The fraction of sp³-hybridized carbons (Fsp3) is 0. The summed E-state index contributed by atoms with van der Waals surface area (Å²) < 4.78 is 13.0. The molecule has 0 saturated heterocycles. The third-order valence-corrected chi connectivity index (χ3v) is 2.26. The van der Waals surface area contributed by atoms with Crippen molar-refractivity contribution in [2.45, 2.75) is 0 Å². The number of aromatic hydroxyl groups is 1. The highest BCUT2D eigenvalue weighted by molar-refractivity contribution is 6.29. The molecule has 0 saturated carbocycles. The molecule has 2 aromatic rings. The SMILES string of the molecule is O=C(Nc1nccc(Cl)n1)c1cc(F)ccc1O. The van der Waals surface area contributed by atoms with Gasteiger partial charge in [-0.1, -0.05) is 11.6 Å². The number of phenolic OH excluding ortho intramolecular Hbond substituents is 1. The van der Waals surface area contributed by atoms with Gasteiger partial charge in [0.05, 0.1) is 5.56 Å². The predicted molar refractivity (Wildman–Crippen MR) is 63.1 cm³/mol. The molecule has 2 rings (SSSR count). The number of hydrogen-bond acceptors (Lipinski definition) is 4. The number of rotatable bonds is 2. The van der Waals surface area contributed by atoms with E-state index in [9.17, 15) is 14.3 Å². The van der Waals surface area contributed by atoms with E-state index < -0.39 is 11.7 Å². The largest absolute Gasteiger partial charge is 0.507 e. The summed E-state index contributed by atoms with van der Waals surface area (Å²) in [6, 6.07) is 4.48. The number of halogens is 2. The van der Waals surface area contributed by atoms with Crippen LogP contribution in [0.3, 0.4) is 0 Å². The summed E-state index contributed by atoms with van der Waals surface area (Å²) in [6.07, 6.45) is 1.36. The Hall–Kier alpha value is -2.21. The molecule has 18 heavy (non-hydrogen) atoms. The highest BCUT2D eigenvalue weighted by atomic mass is 35.5. The first-order chi connectivity index (χ1) is 8.56. The first-order valence-corrected chi connectivity index (χ1v) is 5.22. The Bertz CT molecular complexity index is 607. The smallest absolute Gasteiger partial charge is 0.261 e. The van der Waals surface area contributed by atoms with Crippen molar-refractivity contribution in [3.8, 4) is 5.75 Å². The Morgan fingerprint density at radius 3 is 2.89 bits per heavy atom. The summed E-state index contributed by atoms with van der Waals surface area (Å²) in [7, 11) is 0. The standard InChI is InChI=1S/C11H7ClFN3O2/c12-9-3-4-14-11(15-9)16-10(18)7-5-6(13)1-2-8(7)17/h1-5,17H,(H,14,15,16,18). The van der Waals surface area contributed by atoms with Crippen molar-refractivity contribution >= 4 is 23.5 Å². The molecular weight excluding hydrogens is 261 g/mol. The maximum atomic E-state index is 13.0. The molecule has 0 aliphatic rings. The molecule has 0 bridgehead atoms. The van der Waals surface area contributed by atoms with E-state index >= 15 is 0 Å². The molecule has 0 radical (unpaired) electrons. The summed E-state index contributed by atoms with van der Waals surface area (Å²) in [5, 5.41) is 11.9. The van der Waals surface area contributed by atoms with Crippen molar-refractivity contribution in [3.63, 3.8) is 0 Å². The van der Waals surface area contributed by atoms with Gasteiger partial charge in [0, 0.05) is 6.20 Å². The van der Waals surface area contributed by atoms with Crippen molar-refractivity contribution in [3.05, 3.63) is 47.0 Å². The van der Waals surface area contributed by atoms with E-state index in [0.29, 0.717) is 0 Å². The van der Waals surface area contributed by atoms with Gasteiger partial charge in [-0.05, 0) is 24.3 Å². The summed E-state index contributed by atoms with van der Waals surface area (Å²) in [6.45, 7) is 0. The number of carbonyl (C=O) groups excluding carboxylic acids is 1. The van der Waals surface area contributed by atoms with Gasteiger partial charge in [0.2, 0.25) is 5.95 Å². The van der Waals surface area contributed by atoms with Crippen molar-refractivity contribution in [2.24, 2.45) is 0 Å². The molecule has 0 atom stereocenters. The second-order valence-corrected chi connectivity index (χ2v) is 3.71. The van der Waals surface area contributed by atoms with Crippen LogP contribution in [0.4, 0.5) is 10.3 Å². The zero-order chi connectivity index (χ0) is 13.1. The first-order valence-electron chi connectivity index (χ1n) is 4.84. The lowest BCUT2D eigenvalue weighted by molar-refractivity contribution is 0.102. The van der Waals surface area contributed by atoms with E-state index in [4.69, 9.17) is 11.6 Å². The second-order valence-electron chi connectivity index (χ2n) is 3.32. The molecule has 2 N–H and O–H groups in total. The van der Waals surface area contributed by atoms with Crippen LogP contribution in [0.15, 0.2) is 30.5 Å². The van der Waals surface area contributed by atoms with Crippen LogP contribution in [0, 0.1) is 5.82 Å². The molecule has 0 fully saturated rings. The Morgan fingerprint density at radius 2 is 2.17 bits per heavy atom. The number of benzene rings is 1. The van der Waals surface area contributed by atoms with Gasteiger partial charge in [0.15, 0.2) is 0 Å². The fourth-order valence-electron chi connectivity index (χ4n) is 1.26. The van der Waals surface area contributed by atoms with Gasteiger partial charge < -0.3 is 5.11 Å². The van der Waals surface area contributed by atoms with E-state index in [1.54, 1.807) is 0 Å². The van der Waals surface area contributed by atoms with Gasteiger partial charge in [0.1, 0.15) is 16.7 Å². The number of hydrogen-bond donors (Lipinski definition) is 2. The molecular formula is C11H7ClFN3O2. The summed E-state index contributed by atoms with van der Waals surface area (Å²) >= 11 is 5.62. The minimum absolute atomic E-state index is 0.0313. The van der Waals surface area contributed by atoms with E-state index in [0.717, 1.165) is 18.2 Å². The van der Waals surface area contributed by atoms with E-state index in [1.807, 2.05) is 0 Å². The molecule has 0 spiro atoms. The van der Waals surface area contributed by atoms with Crippen molar-refractivity contribution < 1.29 is 14.3 Å². The van der Waals surface area contributed by atoms with Crippen molar-refractivity contribution in [1.82, 2.24) is 9.97 Å². The molecule has 7 heteroatoms. The minimum Gasteiger partial charge on any atom is -0.507 e. The zero-order valence-corrected chi connectivity index (χ0v) is 9.65. The van der Waals surface area contributed by atoms with Crippen LogP contribution < -0.4 is 5.32 Å². The van der Waals surface area contributed by atoms with Gasteiger partial charge in [-0.2, -0.15) is 0 Å². The summed E-state index contributed by atoms with van der Waals surface area (Å²) in [5.41, 5.74) is -0.210. The van der Waals surface area contributed by atoms with Crippen LogP contribution in [0.2, 0.25) is 5.15 Å². The molecule has 92 valence electrons. The van der Waals surface area contributed by atoms with Crippen LogP contribution in [0.5, 0.6) is 5.75 Å². The molecule has 0 aliphatic carbocycles. The lowest BCUT2D eigenvalue weighted by Gasteiger charge is -2.05. The van der Waals surface area contributed by atoms with E-state index in [1.165, 1.54) is 12.3 Å². The third-order valence-electron chi connectivity index (χ3n) is 2.05. The average Bonchev–Trinajstić information content (AvgIpc) is 2.32. The molecule has 1 amide bonds. The Labute approximate surface area is 106 Å². The van der Waals surface area contributed by atoms with E-state index in [-0.39, 0.29) is 22.4 Å². The number of aromatic nitrogens is 2. The van der Waals surface area contributed by atoms with Crippen LogP contribution >= 0.6 is 11.6 Å². The molecule has 5 nitrogen and oxygen atoms in total. The van der Waals surface area contributed by atoms with E-state index in [2.05, 4.69) is 15.3 Å². The predicted octanol–water partition coefficient (Wildman–Crippen LogP) is 2.23. The fourth-order valence-corrected chi connectivity index (χ4v) is 1.39. The van der Waals surface area contributed by atoms with Gasteiger partial charge in [-0.3, -0.25) is 10.1 Å². The molecule has 1 aromatic heterocycles. The van der Waals surface area contributed by atoms with Crippen molar-refractivity contribution in [2.75, 3.05) is 5.32 Å². The maximum absolute atomic E-state index is 13.0. The molecule has 0 aliphatic heterocycles. The summed E-state index contributed by atoms with van der Waals surface area (Å²) in [4.78, 5) is 19.2. The monoisotopic (exact) mass is 267 g/mol. The number of nitrogens with zero attached hydrogens (tertiary/aromatic N) is 2. The quantitative estimate of drug-likeness (QED) is 0.818.